The number of carbonyl (C=O) groups excluding carboxylic acids is 1. The van der Waals surface area contributed by atoms with Gasteiger partial charge in [0.1, 0.15) is 0 Å². The Morgan fingerprint density at radius 1 is 1.11 bits per heavy atom. The van der Waals surface area contributed by atoms with Gasteiger partial charge in [0, 0.05) is 12.0 Å². The minimum absolute atomic E-state index is 0.104. The zero-order valence-electron chi connectivity index (χ0n) is 11.6. The highest BCUT2D eigenvalue weighted by Crippen LogP contribution is 2.23. The van der Waals surface area contributed by atoms with Crippen LogP contribution < -0.4 is 5.73 Å². The van der Waals surface area contributed by atoms with E-state index in [0.717, 1.165) is 32.0 Å². The highest BCUT2D eigenvalue weighted by atomic mass is 16.1. The molecule has 2 rings (SSSR count). The van der Waals surface area contributed by atoms with Crippen LogP contribution in [0, 0.1) is 5.92 Å². The molecule has 2 saturated heterocycles. The normalized spacial score (nSPS) is 25.4. The lowest BCUT2D eigenvalue weighted by Crippen LogP contribution is -2.48. The van der Waals surface area contributed by atoms with E-state index < -0.39 is 0 Å². The fourth-order valence-electron chi connectivity index (χ4n) is 3.37. The second-order valence-electron chi connectivity index (χ2n) is 5.79. The summed E-state index contributed by atoms with van der Waals surface area (Å²) in [4.78, 5) is 16.3. The third kappa shape index (κ3) is 3.45. The Balaban J connectivity index is 1.73. The molecule has 1 amide bonds. The fourth-order valence-corrected chi connectivity index (χ4v) is 3.37. The van der Waals surface area contributed by atoms with Crippen LogP contribution in [0.15, 0.2) is 0 Å². The van der Waals surface area contributed by atoms with E-state index in [1.807, 2.05) is 0 Å². The number of amides is 1. The van der Waals surface area contributed by atoms with Crippen LogP contribution >= 0.6 is 0 Å². The van der Waals surface area contributed by atoms with Gasteiger partial charge in [0.15, 0.2) is 0 Å². The van der Waals surface area contributed by atoms with E-state index in [4.69, 9.17) is 5.73 Å². The molecule has 0 bridgehead atoms. The van der Waals surface area contributed by atoms with E-state index in [1.165, 1.54) is 38.9 Å². The van der Waals surface area contributed by atoms with E-state index >= 15 is 0 Å². The molecule has 0 atom stereocenters. The van der Waals surface area contributed by atoms with E-state index in [2.05, 4.69) is 16.7 Å². The summed E-state index contributed by atoms with van der Waals surface area (Å²) < 4.78 is 0. The molecular weight excluding hydrogens is 226 g/mol. The standard InChI is InChI=1S/C14H27N3O/c1-2-7-16-8-5-13(6-9-16)17-10-3-12(4-11-17)14(15)18/h12-13H,2-11H2,1H3,(H2,15,18). The van der Waals surface area contributed by atoms with Crippen molar-refractivity contribution < 1.29 is 4.79 Å². The number of likely N-dealkylation sites (tertiary alicyclic amines) is 2. The molecule has 2 aliphatic rings. The van der Waals surface area contributed by atoms with Crippen molar-refractivity contribution in [2.45, 2.75) is 45.1 Å². The van der Waals surface area contributed by atoms with Crippen molar-refractivity contribution >= 4 is 5.91 Å². The zero-order chi connectivity index (χ0) is 13.0. The zero-order valence-corrected chi connectivity index (χ0v) is 11.6. The van der Waals surface area contributed by atoms with Gasteiger partial charge in [-0.15, -0.1) is 0 Å². The highest BCUT2D eigenvalue weighted by Gasteiger charge is 2.29. The maximum Gasteiger partial charge on any atom is 0.220 e. The molecule has 0 aromatic carbocycles. The SMILES string of the molecule is CCCN1CCC(N2CCC(C(N)=O)CC2)CC1. The lowest BCUT2D eigenvalue weighted by Gasteiger charge is -2.41. The van der Waals surface area contributed by atoms with Crippen LogP contribution in [-0.2, 0) is 4.79 Å². The number of hydrogen-bond acceptors (Lipinski definition) is 3. The Kier molecular flexibility index (Phi) is 5.01. The molecule has 0 saturated carbocycles. The van der Waals surface area contributed by atoms with Gasteiger partial charge in [-0.25, -0.2) is 0 Å². The Labute approximate surface area is 110 Å². The van der Waals surface area contributed by atoms with Crippen LogP contribution in [0.3, 0.4) is 0 Å². The molecular formula is C14H27N3O. The third-order valence-electron chi connectivity index (χ3n) is 4.55. The third-order valence-corrected chi connectivity index (χ3v) is 4.55. The molecule has 2 aliphatic heterocycles. The van der Waals surface area contributed by atoms with Gasteiger partial charge < -0.3 is 15.5 Å². The first-order valence-corrected chi connectivity index (χ1v) is 7.46. The smallest absolute Gasteiger partial charge is 0.220 e. The molecule has 0 aliphatic carbocycles. The highest BCUT2D eigenvalue weighted by molar-refractivity contribution is 5.76. The Hall–Kier alpha value is -0.610. The van der Waals surface area contributed by atoms with E-state index in [9.17, 15) is 4.79 Å². The quantitative estimate of drug-likeness (QED) is 0.815. The minimum Gasteiger partial charge on any atom is -0.369 e. The molecule has 0 radical (unpaired) electrons. The van der Waals surface area contributed by atoms with E-state index in [0.29, 0.717) is 0 Å². The summed E-state index contributed by atoms with van der Waals surface area (Å²) >= 11 is 0. The van der Waals surface area contributed by atoms with Crippen LogP contribution in [-0.4, -0.2) is 54.5 Å². The second kappa shape index (κ2) is 6.53. The average molecular weight is 253 g/mol. The van der Waals surface area contributed by atoms with Crippen molar-refractivity contribution in [3.05, 3.63) is 0 Å². The van der Waals surface area contributed by atoms with Crippen molar-refractivity contribution in [1.29, 1.82) is 0 Å². The number of rotatable bonds is 4. The maximum atomic E-state index is 11.1. The van der Waals surface area contributed by atoms with Gasteiger partial charge in [0.25, 0.3) is 0 Å². The molecule has 0 unspecified atom stereocenters. The number of nitrogens with two attached hydrogens (primary N) is 1. The molecule has 2 heterocycles. The molecule has 0 spiro atoms. The van der Waals surface area contributed by atoms with Gasteiger partial charge in [-0.1, -0.05) is 6.92 Å². The number of primary amides is 1. The first-order chi connectivity index (χ1) is 8.70. The number of piperidine rings is 2. The lowest BCUT2D eigenvalue weighted by atomic mass is 9.93. The first-order valence-electron chi connectivity index (χ1n) is 7.46. The molecule has 2 N–H and O–H groups in total. The minimum atomic E-state index is -0.104. The van der Waals surface area contributed by atoms with Crippen LogP contribution in [0.4, 0.5) is 0 Å². The molecule has 0 aromatic rings. The number of nitrogens with zero attached hydrogens (tertiary/aromatic N) is 2. The van der Waals surface area contributed by atoms with Crippen molar-refractivity contribution in [1.82, 2.24) is 9.80 Å². The first kappa shape index (κ1) is 13.8. The van der Waals surface area contributed by atoms with E-state index in [-0.39, 0.29) is 11.8 Å². The van der Waals surface area contributed by atoms with Crippen LogP contribution in [0.1, 0.15) is 39.0 Å². The fraction of sp³-hybridized carbons (Fsp3) is 0.929. The van der Waals surface area contributed by atoms with Gasteiger partial charge in [0.2, 0.25) is 5.91 Å². The molecule has 104 valence electrons. The van der Waals surface area contributed by atoms with Gasteiger partial charge in [-0.3, -0.25) is 4.79 Å². The second-order valence-corrected chi connectivity index (χ2v) is 5.79. The lowest BCUT2D eigenvalue weighted by molar-refractivity contribution is -0.123. The van der Waals surface area contributed by atoms with E-state index in [1.54, 1.807) is 0 Å². The molecule has 4 nitrogen and oxygen atoms in total. The molecule has 2 fully saturated rings. The predicted molar refractivity (Wildman–Crippen MR) is 73.2 cm³/mol. The summed E-state index contributed by atoms with van der Waals surface area (Å²) in [6, 6.07) is 0.743. The van der Waals surface area contributed by atoms with Crippen molar-refractivity contribution in [2.75, 3.05) is 32.7 Å². The van der Waals surface area contributed by atoms with Gasteiger partial charge in [-0.05, 0) is 64.8 Å². The summed E-state index contributed by atoms with van der Waals surface area (Å²) in [6.07, 6.45) is 5.77. The van der Waals surface area contributed by atoms with Crippen molar-refractivity contribution in [3.8, 4) is 0 Å². The van der Waals surface area contributed by atoms with Crippen molar-refractivity contribution in [3.63, 3.8) is 0 Å². The monoisotopic (exact) mass is 253 g/mol. The molecule has 18 heavy (non-hydrogen) atoms. The summed E-state index contributed by atoms with van der Waals surface area (Å²) in [7, 11) is 0. The Bertz CT molecular complexity index is 266. The number of carbonyl (C=O) groups is 1. The molecule has 4 heteroatoms. The van der Waals surface area contributed by atoms with Gasteiger partial charge in [0.05, 0.1) is 0 Å². The van der Waals surface area contributed by atoms with Gasteiger partial charge >= 0.3 is 0 Å². The summed E-state index contributed by atoms with van der Waals surface area (Å²) in [6.45, 7) is 8.11. The van der Waals surface area contributed by atoms with Crippen molar-refractivity contribution in [2.24, 2.45) is 11.7 Å². The Morgan fingerprint density at radius 3 is 2.22 bits per heavy atom. The topological polar surface area (TPSA) is 49.6 Å². The Morgan fingerprint density at radius 2 is 1.72 bits per heavy atom. The summed E-state index contributed by atoms with van der Waals surface area (Å²) in [5, 5.41) is 0. The van der Waals surface area contributed by atoms with Gasteiger partial charge in [-0.2, -0.15) is 0 Å². The molecule has 0 aromatic heterocycles. The maximum absolute atomic E-state index is 11.1. The summed E-state index contributed by atoms with van der Waals surface area (Å²) in [5.41, 5.74) is 5.38. The van der Waals surface area contributed by atoms with Crippen LogP contribution in [0.5, 0.6) is 0 Å². The number of hydrogen-bond donors (Lipinski definition) is 1. The van der Waals surface area contributed by atoms with Crippen LogP contribution in [0.2, 0.25) is 0 Å². The largest absolute Gasteiger partial charge is 0.369 e. The summed E-state index contributed by atoms with van der Waals surface area (Å²) in [5.74, 6) is 0.0221. The average Bonchev–Trinajstić information content (AvgIpc) is 2.40. The van der Waals surface area contributed by atoms with Crippen LogP contribution in [0.25, 0.3) is 0 Å². The predicted octanol–water partition coefficient (Wildman–Crippen LogP) is 1.06.